The van der Waals surface area contributed by atoms with Crippen LogP contribution >= 0.6 is 0 Å². The van der Waals surface area contributed by atoms with E-state index in [9.17, 15) is 10.1 Å². The number of pyridine rings is 1. The van der Waals surface area contributed by atoms with Crippen molar-refractivity contribution in [2.24, 2.45) is 0 Å². The zero-order valence-electron chi connectivity index (χ0n) is 11.5. The highest BCUT2D eigenvalue weighted by atomic mass is 16.6. The Bertz CT molecular complexity index is 587. The van der Waals surface area contributed by atoms with Gasteiger partial charge in [0.1, 0.15) is 0 Å². The van der Waals surface area contributed by atoms with Gasteiger partial charge in [0.2, 0.25) is 0 Å². The largest absolute Gasteiger partial charge is 0.304 e. The number of nitrogens with one attached hydrogen (secondary N) is 1. The standard InChI is InChI=1S/C15H17N3O2/c1-11(13-6-8-16-9-7-13)17-12(2)14-4-3-5-15(10-14)18(19)20/h3-12,17H,1-2H3/t11-,12?/m1/s1. The summed E-state index contributed by atoms with van der Waals surface area (Å²) in [4.78, 5) is 14.4. The van der Waals surface area contributed by atoms with Crippen LogP contribution in [0.15, 0.2) is 48.8 Å². The maximum absolute atomic E-state index is 10.8. The zero-order chi connectivity index (χ0) is 14.5. The Kier molecular flexibility index (Phi) is 4.42. The predicted molar refractivity (Wildman–Crippen MR) is 77.3 cm³/mol. The molecule has 1 aromatic carbocycles. The second-order valence-electron chi connectivity index (χ2n) is 4.74. The first-order chi connectivity index (χ1) is 9.58. The summed E-state index contributed by atoms with van der Waals surface area (Å²) in [6.45, 7) is 4.06. The third-order valence-corrected chi connectivity index (χ3v) is 3.29. The topological polar surface area (TPSA) is 68.1 Å². The molecule has 2 aromatic rings. The molecule has 0 aliphatic heterocycles. The van der Waals surface area contributed by atoms with Gasteiger partial charge in [0.15, 0.2) is 0 Å². The van der Waals surface area contributed by atoms with Crippen LogP contribution in [-0.4, -0.2) is 9.91 Å². The van der Waals surface area contributed by atoms with Gasteiger partial charge >= 0.3 is 0 Å². The smallest absolute Gasteiger partial charge is 0.269 e. The van der Waals surface area contributed by atoms with Crippen LogP contribution in [0, 0.1) is 10.1 Å². The van der Waals surface area contributed by atoms with E-state index >= 15 is 0 Å². The Hall–Kier alpha value is -2.27. The molecule has 1 aromatic heterocycles. The summed E-state index contributed by atoms with van der Waals surface area (Å²) in [6, 6.07) is 10.8. The average molecular weight is 271 g/mol. The van der Waals surface area contributed by atoms with Gasteiger partial charge in [0, 0.05) is 36.6 Å². The summed E-state index contributed by atoms with van der Waals surface area (Å²) in [5.74, 6) is 0. The molecule has 0 radical (unpaired) electrons. The van der Waals surface area contributed by atoms with Gasteiger partial charge in [0.25, 0.3) is 5.69 Å². The van der Waals surface area contributed by atoms with Crippen molar-refractivity contribution in [3.63, 3.8) is 0 Å². The van der Waals surface area contributed by atoms with E-state index in [2.05, 4.69) is 17.2 Å². The van der Waals surface area contributed by atoms with Gasteiger partial charge in [-0.15, -0.1) is 0 Å². The lowest BCUT2D eigenvalue weighted by molar-refractivity contribution is -0.384. The Balaban J connectivity index is 2.10. The molecule has 0 amide bonds. The van der Waals surface area contributed by atoms with Gasteiger partial charge in [-0.2, -0.15) is 0 Å². The van der Waals surface area contributed by atoms with Gasteiger partial charge in [-0.05, 0) is 37.1 Å². The van der Waals surface area contributed by atoms with E-state index in [0.29, 0.717) is 0 Å². The average Bonchev–Trinajstić information content (AvgIpc) is 2.48. The van der Waals surface area contributed by atoms with E-state index < -0.39 is 0 Å². The van der Waals surface area contributed by atoms with E-state index in [4.69, 9.17) is 0 Å². The quantitative estimate of drug-likeness (QED) is 0.668. The first-order valence-electron chi connectivity index (χ1n) is 6.48. The molecule has 2 atom stereocenters. The monoisotopic (exact) mass is 271 g/mol. The third-order valence-electron chi connectivity index (χ3n) is 3.29. The SMILES string of the molecule is CC(N[C@H](C)c1ccncc1)c1cccc([N+](=O)[O-])c1. The highest BCUT2D eigenvalue weighted by Gasteiger charge is 2.13. The van der Waals surface area contributed by atoms with Crippen molar-refractivity contribution < 1.29 is 4.92 Å². The maximum atomic E-state index is 10.8. The van der Waals surface area contributed by atoms with Gasteiger partial charge in [-0.25, -0.2) is 0 Å². The van der Waals surface area contributed by atoms with E-state index in [0.717, 1.165) is 11.1 Å². The van der Waals surface area contributed by atoms with Gasteiger partial charge in [-0.3, -0.25) is 15.1 Å². The van der Waals surface area contributed by atoms with Gasteiger partial charge < -0.3 is 5.32 Å². The van der Waals surface area contributed by atoms with Crippen LogP contribution in [0.1, 0.15) is 37.1 Å². The Morgan fingerprint density at radius 1 is 1.10 bits per heavy atom. The number of aromatic nitrogens is 1. The molecule has 1 heterocycles. The molecule has 0 spiro atoms. The van der Waals surface area contributed by atoms with Crippen LogP contribution < -0.4 is 5.32 Å². The number of rotatable bonds is 5. The van der Waals surface area contributed by atoms with Crippen LogP contribution in [0.3, 0.4) is 0 Å². The minimum Gasteiger partial charge on any atom is -0.304 e. The normalized spacial score (nSPS) is 13.7. The Labute approximate surface area is 117 Å². The molecule has 0 saturated carbocycles. The lowest BCUT2D eigenvalue weighted by Crippen LogP contribution is -2.22. The highest BCUT2D eigenvalue weighted by molar-refractivity contribution is 5.35. The molecular formula is C15H17N3O2. The van der Waals surface area contributed by atoms with E-state index in [-0.39, 0.29) is 22.7 Å². The van der Waals surface area contributed by atoms with Crippen LogP contribution in [0.25, 0.3) is 0 Å². The van der Waals surface area contributed by atoms with Crippen molar-refractivity contribution in [2.45, 2.75) is 25.9 Å². The zero-order valence-corrected chi connectivity index (χ0v) is 11.5. The van der Waals surface area contributed by atoms with Crippen LogP contribution in [0.4, 0.5) is 5.69 Å². The summed E-state index contributed by atoms with van der Waals surface area (Å²) in [5.41, 5.74) is 2.16. The number of benzene rings is 1. The summed E-state index contributed by atoms with van der Waals surface area (Å²) in [7, 11) is 0. The third kappa shape index (κ3) is 3.39. The minimum atomic E-state index is -0.373. The van der Waals surface area contributed by atoms with Crippen LogP contribution in [0.2, 0.25) is 0 Å². The first-order valence-corrected chi connectivity index (χ1v) is 6.48. The Morgan fingerprint density at radius 3 is 2.40 bits per heavy atom. The molecular weight excluding hydrogens is 254 g/mol. The molecule has 1 unspecified atom stereocenters. The highest BCUT2D eigenvalue weighted by Crippen LogP contribution is 2.22. The molecule has 0 aliphatic rings. The number of non-ortho nitro benzene ring substituents is 1. The summed E-state index contributed by atoms with van der Waals surface area (Å²) in [6.07, 6.45) is 3.51. The summed E-state index contributed by atoms with van der Waals surface area (Å²) < 4.78 is 0. The maximum Gasteiger partial charge on any atom is 0.269 e. The summed E-state index contributed by atoms with van der Waals surface area (Å²) >= 11 is 0. The van der Waals surface area contributed by atoms with E-state index in [1.807, 2.05) is 25.1 Å². The minimum absolute atomic E-state index is 0.0260. The molecule has 1 N–H and O–H groups in total. The fourth-order valence-corrected chi connectivity index (χ4v) is 2.13. The van der Waals surface area contributed by atoms with Crippen molar-refractivity contribution in [1.82, 2.24) is 10.3 Å². The van der Waals surface area contributed by atoms with E-state index in [1.54, 1.807) is 24.5 Å². The number of hydrogen-bond acceptors (Lipinski definition) is 4. The molecule has 5 heteroatoms. The van der Waals surface area contributed by atoms with Crippen molar-refractivity contribution in [3.05, 3.63) is 70.0 Å². The molecule has 0 aliphatic carbocycles. The fourth-order valence-electron chi connectivity index (χ4n) is 2.13. The van der Waals surface area contributed by atoms with Gasteiger partial charge in [-0.1, -0.05) is 12.1 Å². The fraction of sp³-hybridized carbons (Fsp3) is 0.267. The molecule has 2 rings (SSSR count). The predicted octanol–water partition coefficient (Wildman–Crippen LogP) is 3.40. The van der Waals surface area contributed by atoms with Crippen molar-refractivity contribution >= 4 is 5.69 Å². The first kappa shape index (κ1) is 14.1. The van der Waals surface area contributed by atoms with Crippen molar-refractivity contribution in [2.75, 3.05) is 0 Å². The van der Waals surface area contributed by atoms with Crippen molar-refractivity contribution in [3.8, 4) is 0 Å². The number of nitrogens with zero attached hydrogens (tertiary/aromatic N) is 2. The lowest BCUT2D eigenvalue weighted by atomic mass is 10.0. The molecule has 0 saturated heterocycles. The molecule has 5 nitrogen and oxygen atoms in total. The van der Waals surface area contributed by atoms with Crippen LogP contribution in [0.5, 0.6) is 0 Å². The van der Waals surface area contributed by atoms with Crippen molar-refractivity contribution in [1.29, 1.82) is 0 Å². The summed E-state index contributed by atoms with van der Waals surface area (Å²) in [5, 5.41) is 14.2. The second kappa shape index (κ2) is 6.25. The molecule has 104 valence electrons. The molecule has 0 bridgehead atoms. The Morgan fingerprint density at radius 2 is 1.75 bits per heavy atom. The van der Waals surface area contributed by atoms with E-state index in [1.165, 1.54) is 6.07 Å². The van der Waals surface area contributed by atoms with Gasteiger partial charge in [0.05, 0.1) is 4.92 Å². The number of hydrogen-bond donors (Lipinski definition) is 1. The molecule has 20 heavy (non-hydrogen) atoms. The second-order valence-corrected chi connectivity index (χ2v) is 4.74. The molecule has 0 fully saturated rings. The van der Waals surface area contributed by atoms with Crippen LogP contribution in [-0.2, 0) is 0 Å². The lowest BCUT2D eigenvalue weighted by Gasteiger charge is -2.20. The number of nitro groups is 1. The number of nitro benzene ring substituents is 1.